The van der Waals surface area contributed by atoms with E-state index in [0.717, 1.165) is 5.56 Å². The van der Waals surface area contributed by atoms with Crippen LogP contribution in [0.25, 0.3) is 0 Å². The minimum atomic E-state index is -0.890. The summed E-state index contributed by atoms with van der Waals surface area (Å²) in [6.45, 7) is 2.16. The number of amides is 2. The van der Waals surface area contributed by atoms with Gasteiger partial charge < -0.3 is 19.7 Å². The van der Waals surface area contributed by atoms with E-state index in [2.05, 4.69) is 5.32 Å². The first-order valence-corrected chi connectivity index (χ1v) is 7.81. The number of nitrogens with zero attached hydrogens (tertiary/aromatic N) is 1. The molecule has 1 aromatic heterocycles. The molecule has 7 heteroatoms. The van der Waals surface area contributed by atoms with Gasteiger partial charge in [-0.25, -0.2) is 0 Å². The number of hydrogen-bond acceptors (Lipinski definition) is 4. The highest BCUT2D eigenvalue weighted by molar-refractivity contribution is 6.03. The van der Waals surface area contributed by atoms with Crippen molar-refractivity contribution in [1.82, 2.24) is 4.90 Å². The molecule has 1 heterocycles. The number of furan rings is 1. The molecule has 2 aromatic rings. The number of carboxylic acid groups (broad SMARTS) is 1. The Hall–Kier alpha value is -3.09. The number of nitrogens with one attached hydrogen (secondary N) is 1. The van der Waals surface area contributed by atoms with E-state index in [1.54, 1.807) is 37.4 Å². The third kappa shape index (κ3) is 4.94. The van der Waals surface area contributed by atoms with Crippen LogP contribution in [0.5, 0.6) is 0 Å². The summed E-state index contributed by atoms with van der Waals surface area (Å²) >= 11 is 0. The zero-order chi connectivity index (χ0) is 18.4. The van der Waals surface area contributed by atoms with Gasteiger partial charge in [0.05, 0.1) is 6.26 Å². The quantitative estimate of drug-likeness (QED) is 0.804. The second-order valence-electron chi connectivity index (χ2n) is 5.69. The number of carbonyl (C=O) groups excluding carboxylic acids is 2. The Morgan fingerprint density at radius 3 is 2.64 bits per heavy atom. The van der Waals surface area contributed by atoms with E-state index in [1.165, 1.54) is 11.2 Å². The van der Waals surface area contributed by atoms with Gasteiger partial charge in [0.15, 0.2) is 5.76 Å². The van der Waals surface area contributed by atoms with Gasteiger partial charge in [0.2, 0.25) is 0 Å². The van der Waals surface area contributed by atoms with Crippen LogP contribution in [0.15, 0.2) is 41.0 Å². The van der Waals surface area contributed by atoms with Crippen molar-refractivity contribution in [1.29, 1.82) is 0 Å². The van der Waals surface area contributed by atoms with Crippen molar-refractivity contribution in [2.75, 3.05) is 18.9 Å². The lowest BCUT2D eigenvalue weighted by Crippen LogP contribution is -2.28. The van der Waals surface area contributed by atoms with Crippen LogP contribution in [0.4, 0.5) is 5.69 Å². The molecule has 0 bridgehead atoms. The molecule has 0 aliphatic carbocycles. The highest BCUT2D eigenvalue weighted by Crippen LogP contribution is 2.19. The zero-order valence-electron chi connectivity index (χ0n) is 14.1. The van der Waals surface area contributed by atoms with Crippen LogP contribution in [0.1, 0.15) is 39.3 Å². The van der Waals surface area contributed by atoms with Crippen molar-refractivity contribution in [2.45, 2.75) is 19.8 Å². The average Bonchev–Trinajstić information content (AvgIpc) is 3.10. The fraction of sp³-hybridized carbons (Fsp3) is 0.278. The standard InChI is InChI=1S/C18H20N2O5/c1-12-7-8-13(18(24)20(2)9-3-6-16(21)22)11-14(12)19-17(23)15-5-4-10-25-15/h4-5,7-8,10-11H,3,6,9H2,1-2H3,(H,19,23)(H,21,22). The fourth-order valence-electron chi connectivity index (χ4n) is 2.27. The Morgan fingerprint density at radius 1 is 1.24 bits per heavy atom. The van der Waals surface area contributed by atoms with Crippen LogP contribution >= 0.6 is 0 Å². The number of benzene rings is 1. The van der Waals surface area contributed by atoms with Crippen molar-refractivity contribution >= 4 is 23.5 Å². The molecule has 2 amide bonds. The van der Waals surface area contributed by atoms with Crippen LogP contribution in [-0.4, -0.2) is 41.4 Å². The zero-order valence-corrected chi connectivity index (χ0v) is 14.1. The Bertz CT molecular complexity index is 768. The van der Waals surface area contributed by atoms with Crippen LogP contribution in [0.2, 0.25) is 0 Å². The Labute approximate surface area is 145 Å². The van der Waals surface area contributed by atoms with Gasteiger partial charge in [-0.05, 0) is 43.2 Å². The fourth-order valence-corrected chi connectivity index (χ4v) is 2.27. The third-order valence-corrected chi connectivity index (χ3v) is 3.71. The minimum absolute atomic E-state index is 0.00989. The largest absolute Gasteiger partial charge is 0.481 e. The second-order valence-corrected chi connectivity index (χ2v) is 5.69. The van der Waals surface area contributed by atoms with Crippen molar-refractivity contribution in [3.05, 3.63) is 53.5 Å². The normalized spacial score (nSPS) is 10.3. The van der Waals surface area contributed by atoms with Crippen molar-refractivity contribution < 1.29 is 23.9 Å². The first-order valence-electron chi connectivity index (χ1n) is 7.81. The summed E-state index contributed by atoms with van der Waals surface area (Å²) in [4.78, 5) is 36.6. The number of rotatable bonds is 7. The molecule has 0 saturated carbocycles. The van der Waals surface area contributed by atoms with E-state index in [0.29, 0.717) is 24.2 Å². The summed E-state index contributed by atoms with van der Waals surface area (Å²) < 4.78 is 5.05. The number of carbonyl (C=O) groups is 3. The van der Waals surface area contributed by atoms with Crippen LogP contribution in [0.3, 0.4) is 0 Å². The lowest BCUT2D eigenvalue weighted by atomic mass is 10.1. The molecule has 1 aromatic carbocycles. The van der Waals surface area contributed by atoms with Crippen LogP contribution in [0, 0.1) is 6.92 Å². The van der Waals surface area contributed by atoms with Gasteiger partial charge >= 0.3 is 5.97 Å². The predicted octanol–water partition coefficient (Wildman–Crippen LogP) is 2.78. The van der Waals surface area contributed by atoms with Crippen molar-refractivity contribution in [2.24, 2.45) is 0 Å². The monoisotopic (exact) mass is 344 g/mol. The van der Waals surface area contributed by atoms with Gasteiger partial charge in [-0.3, -0.25) is 14.4 Å². The first kappa shape index (κ1) is 18.3. The molecule has 0 radical (unpaired) electrons. The maximum atomic E-state index is 12.4. The highest BCUT2D eigenvalue weighted by Gasteiger charge is 2.15. The number of carboxylic acids is 1. The summed E-state index contributed by atoms with van der Waals surface area (Å²) in [6, 6.07) is 8.19. The molecule has 0 saturated heterocycles. The van der Waals surface area contributed by atoms with E-state index in [1.807, 2.05) is 6.92 Å². The van der Waals surface area contributed by atoms with E-state index in [-0.39, 0.29) is 18.1 Å². The van der Waals surface area contributed by atoms with Crippen LogP contribution in [-0.2, 0) is 4.79 Å². The van der Waals surface area contributed by atoms with E-state index >= 15 is 0 Å². The Balaban J connectivity index is 2.08. The van der Waals surface area contributed by atoms with Gasteiger partial charge in [0.25, 0.3) is 11.8 Å². The van der Waals surface area contributed by atoms with E-state index in [4.69, 9.17) is 9.52 Å². The topological polar surface area (TPSA) is 99.9 Å². The molecule has 0 aliphatic rings. The summed E-state index contributed by atoms with van der Waals surface area (Å²) in [6.07, 6.45) is 1.80. The van der Waals surface area contributed by atoms with E-state index in [9.17, 15) is 14.4 Å². The molecule has 7 nitrogen and oxygen atoms in total. The van der Waals surface area contributed by atoms with Gasteiger partial charge in [-0.1, -0.05) is 6.07 Å². The molecule has 2 N–H and O–H groups in total. The van der Waals surface area contributed by atoms with Gasteiger partial charge in [0, 0.05) is 31.3 Å². The smallest absolute Gasteiger partial charge is 0.303 e. The minimum Gasteiger partial charge on any atom is -0.481 e. The van der Waals surface area contributed by atoms with Gasteiger partial charge in [-0.15, -0.1) is 0 Å². The second kappa shape index (κ2) is 8.14. The number of aliphatic carboxylic acids is 1. The van der Waals surface area contributed by atoms with Crippen molar-refractivity contribution in [3.8, 4) is 0 Å². The van der Waals surface area contributed by atoms with Crippen molar-refractivity contribution in [3.63, 3.8) is 0 Å². The lowest BCUT2D eigenvalue weighted by molar-refractivity contribution is -0.137. The van der Waals surface area contributed by atoms with E-state index < -0.39 is 11.9 Å². The maximum Gasteiger partial charge on any atom is 0.303 e. The molecule has 0 atom stereocenters. The first-order chi connectivity index (χ1) is 11.9. The molecule has 0 unspecified atom stereocenters. The highest BCUT2D eigenvalue weighted by atomic mass is 16.4. The number of hydrogen-bond donors (Lipinski definition) is 2. The molecule has 2 rings (SSSR count). The third-order valence-electron chi connectivity index (χ3n) is 3.71. The lowest BCUT2D eigenvalue weighted by Gasteiger charge is -2.18. The molecular formula is C18H20N2O5. The Kier molecular flexibility index (Phi) is 5.94. The number of aryl methyl sites for hydroxylation is 1. The maximum absolute atomic E-state index is 12.4. The summed E-state index contributed by atoms with van der Waals surface area (Å²) in [7, 11) is 1.62. The summed E-state index contributed by atoms with van der Waals surface area (Å²) in [5, 5.41) is 11.4. The SMILES string of the molecule is Cc1ccc(C(=O)N(C)CCCC(=O)O)cc1NC(=O)c1ccco1. The average molecular weight is 344 g/mol. The molecular weight excluding hydrogens is 324 g/mol. The molecule has 0 fully saturated rings. The van der Waals surface area contributed by atoms with Gasteiger partial charge in [0.1, 0.15) is 0 Å². The molecule has 0 spiro atoms. The Morgan fingerprint density at radius 2 is 2.00 bits per heavy atom. The molecule has 25 heavy (non-hydrogen) atoms. The van der Waals surface area contributed by atoms with Crippen LogP contribution < -0.4 is 5.32 Å². The molecule has 0 aliphatic heterocycles. The van der Waals surface area contributed by atoms with Gasteiger partial charge in [-0.2, -0.15) is 0 Å². The summed E-state index contributed by atoms with van der Waals surface area (Å²) in [5.74, 6) is -1.34. The molecule has 132 valence electrons. The summed E-state index contributed by atoms with van der Waals surface area (Å²) in [5.41, 5.74) is 1.74. The number of anilines is 1. The predicted molar refractivity (Wildman–Crippen MR) is 91.7 cm³/mol.